The van der Waals surface area contributed by atoms with Gasteiger partial charge in [0, 0.05) is 5.92 Å². The number of hydrogen-bond donors (Lipinski definition) is 1. The predicted molar refractivity (Wildman–Crippen MR) is 69.2 cm³/mol. The van der Waals surface area contributed by atoms with Crippen molar-refractivity contribution in [2.45, 2.75) is 64.9 Å². The molecule has 0 radical (unpaired) electrons. The molecule has 0 amide bonds. The third-order valence-electron chi connectivity index (χ3n) is 3.74. The molecule has 0 bridgehead atoms. The Morgan fingerprint density at radius 3 is 2.44 bits per heavy atom. The first-order valence-corrected chi connectivity index (χ1v) is 6.93. The SMILES string of the molecule is CC1CC(C)CC(O)(Cc2nc(C(C)C)no2)C1. The van der Waals surface area contributed by atoms with Crippen LogP contribution in [0.5, 0.6) is 0 Å². The van der Waals surface area contributed by atoms with Crippen LogP contribution < -0.4 is 0 Å². The topological polar surface area (TPSA) is 59.2 Å². The zero-order chi connectivity index (χ0) is 13.3. The maximum atomic E-state index is 10.7. The summed E-state index contributed by atoms with van der Waals surface area (Å²) in [4.78, 5) is 4.36. The number of aromatic nitrogens is 2. The van der Waals surface area contributed by atoms with Crippen LogP contribution in [0.3, 0.4) is 0 Å². The Kier molecular flexibility index (Phi) is 3.76. The van der Waals surface area contributed by atoms with Crippen molar-refractivity contribution in [3.63, 3.8) is 0 Å². The van der Waals surface area contributed by atoms with Crippen LogP contribution in [-0.4, -0.2) is 20.8 Å². The second-order valence-corrected chi connectivity index (χ2v) is 6.46. The number of nitrogens with zero attached hydrogens (tertiary/aromatic N) is 2. The van der Waals surface area contributed by atoms with Gasteiger partial charge in [-0.2, -0.15) is 4.98 Å². The van der Waals surface area contributed by atoms with Crippen LogP contribution >= 0.6 is 0 Å². The molecule has 1 aliphatic carbocycles. The smallest absolute Gasteiger partial charge is 0.229 e. The van der Waals surface area contributed by atoms with E-state index >= 15 is 0 Å². The highest BCUT2D eigenvalue weighted by molar-refractivity contribution is 4.98. The van der Waals surface area contributed by atoms with E-state index in [2.05, 4.69) is 24.0 Å². The van der Waals surface area contributed by atoms with E-state index in [0.717, 1.165) is 18.7 Å². The minimum absolute atomic E-state index is 0.265. The highest BCUT2D eigenvalue weighted by atomic mass is 16.5. The third-order valence-corrected chi connectivity index (χ3v) is 3.74. The Morgan fingerprint density at radius 1 is 1.33 bits per heavy atom. The number of aliphatic hydroxyl groups is 1. The molecule has 18 heavy (non-hydrogen) atoms. The van der Waals surface area contributed by atoms with Crippen molar-refractivity contribution in [2.75, 3.05) is 0 Å². The Hall–Kier alpha value is -0.900. The first-order valence-electron chi connectivity index (χ1n) is 6.93. The lowest BCUT2D eigenvalue weighted by Crippen LogP contribution is -2.39. The highest BCUT2D eigenvalue weighted by Crippen LogP contribution is 2.37. The van der Waals surface area contributed by atoms with E-state index in [0.29, 0.717) is 24.1 Å². The summed E-state index contributed by atoms with van der Waals surface area (Å²) in [6.45, 7) is 8.48. The zero-order valence-corrected chi connectivity index (χ0v) is 11.8. The van der Waals surface area contributed by atoms with Crippen LogP contribution in [0.15, 0.2) is 4.52 Å². The summed E-state index contributed by atoms with van der Waals surface area (Å²) in [5.74, 6) is 2.69. The van der Waals surface area contributed by atoms with E-state index in [9.17, 15) is 5.11 Å². The van der Waals surface area contributed by atoms with Gasteiger partial charge in [-0.05, 0) is 31.1 Å². The molecule has 1 heterocycles. The summed E-state index contributed by atoms with van der Waals surface area (Å²) >= 11 is 0. The molecular formula is C14H24N2O2. The molecule has 0 spiro atoms. The fourth-order valence-corrected chi connectivity index (χ4v) is 3.23. The van der Waals surface area contributed by atoms with Crippen molar-refractivity contribution >= 4 is 0 Å². The summed E-state index contributed by atoms with van der Waals surface area (Å²) in [5.41, 5.74) is -0.669. The molecule has 4 heteroatoms. The number of rotatable bonds is 3. The van der Waals surface area contributed by atoms with Crippen LogP contribution in [0.1, 0.15) is 64.6 Å². The Balaban J connectivity index is 2.06. The van der Waals surface area contributed by atoms with Gasteiger partial charge in [0.1, 0.15) is 0 Å². The van der Waals surface area contributed by atoms with Crippen LogP contribution in [0, 0.1) is 11.8 Å². The van der Waals surface area contributed by atoms with Gasteiger partial charge in [0.25, 0.3) is 0 Å². The maximum Gasteiger partial charge on any atom is 0.229 e. The zero-order valence-electron chi connectivity index (χ0n) is 11.8. The second kappa shape index (κ2) is 5.00. The van der Waals surface area contributed by atoms with Crippen molar-refractivity contribution < 1.29 is 9.63 Å². The standard InChI is InChI=1S/C14H24N2O2/c1-9(2)13-15-12(18-16-13)8-14(17)6-10(3)5-11(4)7-14/h9-11,17H,5-8H2,1-4H3. The van der Waals surface area contributed by atoms with E-state index in [1.807, 2.05) is 13.8 Å². The van der Waals surface area contributed by atoms with Crippen LogP contribution in [0.25, 0.3) is 0 Å². The average Bonchev–Trinajstić information content (AvgIpc) is 2.62. The van der Waals surface area contributed by atoms with E-state index in [1.54, 1.807) is 0 Å². The lowest BCUT2D eigenvalue weighted by Gasteiger charge is -2.38. The van der Waals surface area contributed by atoms with Gasteiger partial charge in [0.15, 0.2) is 5.82 Å². The molecular weight excluding hydrogens is 228 g/mol. The fraction of sp³-hybridized carbons (Fsp3) is 0.857. The summed E-state index contributed by atoms with van der Waals surface area (Å²) in [6.07, 6.45) is 3.35. The summed E-state index contributed by atoms with van der Waals surface area (Å²) in [6, 6.07) is 0. The van der Waals surface area contributed by atoms with Crippen molar-refractivity contribution in [1.29, 1.82) is 0 Å². The molecule has 2 atom stereocenters. The summed E-state index contributed by atoms with van der Waals surface area (Å²) in [5, 5.41) is 14.6. The van der Waals surface area contributed by atoms with Gasteiger partial charge >= 0.3 is 0 Å². The molecule has 1 N–H and O–H groups in total. The molecule has 2 unspecified atom stereocenters. The molecule has 1 fully saturated rings. The average molecular weight is 252 g/mol. The van der Waals surface area contributed by atoms with E-state index in [-0.39, 0.29) is 5.92 Å². The molecule has 0 aromatic carbocycles. The van der Waals surface area contributed by atoms with E-state index in [1.165, 1.54) is 6.42 Å². The van der Waals surface area contributed by atoms with E-state index in [4.69, 9.17) is 4.52 Å². The van der Waals surface area contributed by atoms with Crippen LogP contribution in [-0.2, 0) is 6.42 Å². The fourth-order valence-electron chi connectivity index (χ4n) is 3.23. The molecule has 2 rings (SSSR count). The largest absolute Gasteiger partial charge is 0.389 e. The van der Waals surface area contributed by atoms with Gasteiger partial charge in [-0.25, -0.2) is 0 Å². The van der Waals surface area contributed by atoms with Gasteiger partial charge < -0.3 is 9.63 Å². The second-order valence-electron chi connectivity index (χ2n) is 6.46. The highest BCUT2D eigenvalue weighted by Gasteiger charge is 2.37. The summed E-state index contributed by atoms with van der Waals surface area (Å²) in [7, 11) is 0. The van der Waals surface area contributed by atoms with Gasteiger partial charge in [0.05, 0.1) is 12.0 Å². The molecule has 1 saturated carbocycles. The minimum atomic E-state index is -0.669. The third kappa shape index (κ3) is 3.10. The Labute approximate surface area is 109 Å². The molecule has 1 aliphatic rings. The van der Waals surface area contributed by atoms with Gasteiger partial charge in [0.2, 0.25) is 5.89 Å². The molecule has 1 aromatic heterocycles. The normalized spacial score (nSPS) is 33.0. The molecule has 0 aliphatic heterocycles. The van der Waals surface area contributed by atoms with Crippen molar-refractivity contribution in [1.82, 2.24) is 10.1 Å². The molecule has 4 nitrogen and oxygen atoms in total. The lowest BCUT2D eigenvalue weighted by atomic mass is 9.72. The van der Waals surface area contributed by atoms with Crippen molar-refractivity contribution in [3.05, 3.63) is 11.7 Å². The lowest BCUT2D eigenvalue weighted by molar-refractivity contribution is -0.0355. The Morgan fingerprint density at radius 2 is 1.94 bits per heavy atom. The first-order chi connectivity index (χ1) is 8.38. The monoisotopic (exact) mass is 252 g/mol. The maximum absolute atomic E-state index is 10.7. The van der Waals surface area contributed by atoms with Crippen molar-refractivity contribution in [3.8, 4) is 0 Å². The quantitative estimate of drug-likeness (QED) is 0.898. The summed E-state index contributed by atoms with van der Waals surface area (Å²) < 4.78 is 5.24. The first kappa shape index (κ1) is 13.5. The van der Waals surface area contributed by atoms with Gasteiger partial charge in [-0.3, -0.25) is 0 Å². The molecule has 102 valence electrons. The van der Waals surface area contributed by atoms with E-state index < -0.39 is 5.60 Å². The van der Waals surface area contributed by atoms with Gasteiger partial charge in [-0.15, -0.1) is 0 Å². The van der Waals surface area contributed by atoms with Crippen LogP contribution in [0.4, 0.5) is 0 Å². The minimum Gasteiger partial charge on any atom is -0.389 e. The number of hydrogen-bond acceptors (Lipinski definition) is 4. The van der Waals surface area contributed by atoms with Crippen LogP contribution in [0.2, 0.25) is 0 Å². The predicted octanol–water partition coefficient (Wildman–Crippen LogP) is 2.92. The van der Waals surface area contributed by atoms with Gasteiger partial charge in [-0.1, -0.05) is 32.9 Å². The molecule has 1 aromatic rings. The Bertz CT molecular complexity index is 390. The van der Waals surface area contributed by atoms with Crippen molar-refractivity contribution in [2.24, 2.45) is 11.8 Å². The molecule has 0 saturated heterocycles.